The average molecular weight is 347 g/mol. The van der Waals surface area contributed by atoms with Gasteiger partial charge in [0.1, 0.15) is 17.1 Å². The van der Waals surface area contributed by atoms with Crippen molar-refractivity contribution in [2.24, 2.45) is 0 Å². The van der Waals surface area contributed by atoms with Crippen LogP contribution in [0.15, 0.2) is 17.2 Å². The molecule has 1 aromatic rings. The molecule has 0 bridgehead atoms. The molecule has 0 aromatic carbocycles. The molecule has 0 atom stereocenters. The molecule has 1 amide bonds. The molecular formula is C11H14ClF3N2O3S. The van der Waals surface area contributed by atoms with E-state index in [2.05, 4.69) is 0 Å². The summed E-state index contributed by atoms with van der Waals surface area (Å²) < 4.78 is 60.6. The normalized spacial score (nSPS) is 12.5. The van der Waals surface area contributed by atoms with E-state index in [0.29, 0.717) is 10.8 Å². The molecule has 1 rings (SSSR count). The lowest BCUT2D eigenvalue weighted by Gasteiger charge is -2.20. The van der Waals surface area contributed by atoms with Gasteiger partial charge in [0, 0.05) is 30.0 Å². The lowest BCUT2D eigenvalue weighted by Crippen LogP contribution is -2.33. The number of amides is 1. The summed E-state index contributed by atoms with van der Waals surface area (Å²) in [5, 5.41) is 0. The van der Waals surface area contributed by atoms with Gasteiger partial charge in [0.05, 0.1) is 0 Å². The SMILES string of the molecule is CCN(CC)C(=O)c1cc(S(=O)(=O)Cl)cn1CC(F)(F)F. The molecule has 0 aliphatic rings. The fraction of sp³-hybridized carbons (Fsp3) is 0.545. The number of nitrogens with zero attached hydrogens (tertiary/aromatic N) is 2. The Morgan fingerprint density at radius 3 is 2.24 bits per heavy atom. The van der Waals surface area contributed by atoms with Gasteiger partial charge in [-0.15, -0.1) is 0 Å². The lowest BCUT2D eigenvalue weighted by molar-refractivity contribution is -0.140. The molecule has 0 aliphatic carbocycles. The average Bonchev–Trinajstić information content (AvgIpc) is 2.71. The van der Waals surface area contributed by atoms with Crippen LogP contribution in [-0.4, -0.2) is 43.1 Å². The van der Waals surface area contributed by atoms with Crippen molar-refractivity contribution in [1.29, 1.82) is 0 Å². The monoisotopic (exact) mass is 346 g/mol. The van der Waals surface area contributed by atoms with Gasteiger partial charge in [0.15, 0.2) is 0 Å². The van der Waals surface area contributed by atoms with Gasteiger partial charge in [-0.1, -0.05) is 0 Å². The van der Waals surface area contributed by atoms with Crippen molar-refractivity contribution < 1.29 is 26.4 Å². The number of halogens is 4. The lowest BCUT2D eigenvalue weighted by atomic mass is 10.3. The van der Waals surface area contributed by atoms with E-state index < -0.39 is 32.6 Å². The van der Waals surface area contributed by atoms with Gasteiger partial charge in [-0.25, -0.2) is 8.42 Å². The maximum Gasteiger partial charge on any atom is 0.406 e. The number of hydrogen-bond acceptors (Lipinski definition) is 3. The van der Waals surface area contributed by atoms with E-state index in [4.69, 9.17) is 10.7 Å². The van der Waals surface area contributed by atoms with Gasteiger partial charge in [-0.3, -0.25) is 4.79 Å². The molecule has 5 nitrogen and oxygen atoms in total. The smallest absolute Gasteiger partial charge is 0.338 e. The summed E-state index contributed by atoms with van der Waals surface area (Å²) in [7, 11) is 0.900. The molecule has 21 heavy (non-hydrogen) atoms. The second-order valence-corrected chi connectivity index (χ2v) is 6.79. The van der Waals surface area contributed by atoms with Gasteiger partial charge in [-0.05, 0) is 19.9 Å². The Balaban J connectivity index is 3.34. The molecule has 0 radical (unpaired) electrons. The Hall–Kier alpha value is -1.22. The first-order valence-corrected chi connectivity index (χ1v) is 8.31. The van der Waals surface area contributed by atoms with E-state index in [1.807, 2.05) is 0 Å². The molecule has 0 aliphatic heterocycles. The van der Waals surface area contributed by atoms with E-state index in [9.17, 15) is 26.4 Å². The van der Waals surface area contributed by atoms with Gasteiger partial charge in [-0.2, -0.15) is 13.2 Å². The Kier molecular flexibility index (Phi) is 5.32. The third-order valence-electron chi connectivity index (χ3n) is 2.77. The van der Waals surface area contributed by atoms with Crippen LogP contribution in [0.2, 0.25) is 0 Å². The summed E-state index contributed by atoms with van der Waals surface area (Å²) in [6.45, 7) is 2.43. The predicted octanol–water partition coefficient (Wildman–Crippen LogP) is 2.46. The second-order valence-electron chi connectivity index (χ2n) is 4.22. The van der Waals surface area contributed by atoms with E-state index in [1.165, 1.54) is 4.90 Å². The summed E-state index contributed by atoms with van der Waals surface area (Å²) in [5.74, 6) is -0.684. The number of carbonyl (C=O) groups is 1. The van der Waals surface area contributed by atoms with Crippen molar-refractivity contribution in [3.8, 4) is 0 Å². The fourth-order valence-electron chi connectivity index (χ4n) is 1.79. The summed E-state index contributed by atoms with van der Waals surface area (Å²) in [4.78, 5) is 12.9. The van der Waals surface area contributed by atoms with Crippen LogP contribution in [0.4, 0.5) is 13.2 Å². The summed E-state index contributed by atoms with van der Waals surface area (Å²) in [6, 6.07) is 0.856. The van der Waals surface area contributed by atoms with Crippen LogP contribution in [0.25, 0.3) is 0 Å². The highest BCUT2D eigenvalue weighted by Crippen LogP contribution is 2.24. The van der Waals surface area contributed by atoms with Crippen molar-refractivity contribution >= 4 is 25.6 Å². The molecule has 0 unspecified atom stereocenters. The summed E-state index contributed by atoms with van der Waals surface area (Å²) >= 11 is 0. The maximum absolute atomic E-state index is 12.5. The Labute approximate surface area is 124 Å². The molecular weight excluding hydrogens is 333 g/mol. The first-order chi connectivity index (χ1) is 9.49. The number of hydrogen-bond donors (Lipinski definition) is 0. The highest BCUT2D eigenvalue weighted by Gasteiger charge is 2.32. The van der Waals surface area contributed by atoms with Crippen molar-refractivity contribution in [1.82, 2.24) is 9.47 Å². The summed E-state index contributed by atoms with van der Waals surface area (Å²) in [5.41, 5.74) is -0.366. The Morgan fingerprint density at radius 2 is 1.86 bits per heavy atom. The van der Waals surface area contributed by atoms with Gasteiger partial charge in [0.25, 0.3) is 15.0 Å². The Bertz CT molecular complexity index is 621. The van der Waals surface area contributed by atoms with Crippen LogP contribution in [0.5, 0.6) is 0 Å². The zero-order chi connectivity index (χ0) is 16.4. The standard InChI is InChI=1S/C11H14ClF3N2O3S/c1-3-16(4-2)10(18)9-5-8(21(12,19)20)6-17(9)7-11(13,14)15/h5-6H,3-4,7H2,1-2H3. The minimum absolute atomic E-state index is 0.287. The van der Waals surface area contributed by atoms with Crippen LogP contribution in [0.3, 0.4) is 0 Å². The van der Waals surface area contributed by atoms with E-state index in [1.54, 1.807) is 13.8 Å². The quantitative estimate of drug-likeness (QED) is 0.769. The third-order valence-corrected chi connectivity index (χ3v) is 4.09. The highest BCUT2D eigenvalue weighted by molar-refractivity contribution is 8.13. The molecule has 0 N–H and O–H groups in total. The Morgan fingerprint density at radius 1 is 1.33 bits per heavy atom. The predicted molar refractivity (Wildman–Crippen MR) is 70.8 cm³/mol. The highest BCUT2D eigenvalue weighted by atomic mass is 35.7. The molecule has 0 saturated heterocycles. The number of alkyl halides is 3. The minimum Gasteiger partial charge on any atom is -0.338 e. The largest absolute Gasteiger partial charge is 0.406 e. The van der Waals surface area contributed by atoms with Crippen molar-refractivity contribution in [3.05, 3.63) is 18.0 Å². The number of rotatable bonds is 5. The van der Waals surface area contributed by atoms with Gasteiger partial charge in [0.2, 0.25) is 0 Å². The minimum atomic E-state index is -4.59. The van der Waals surface area contributed by atoms with Crippen molar-refractivity contribution in [3.63, 3.8) is 0 Å². The molecule has 0 spiro atoms. The van der Waals surface area contributed by atoms with Crippen LogP contribution in [0.1, 0.15) is 24.3 Å². The molecule has 10 heteroatoms. The maximum atomic E-state index is 12.5. The topological polar surface area (TPSA) is 59.4 Å². The van der Waals surface area contributed by atoms with Gasteiger partial charge >= 0.3 is 6.18 Å². The van der Waals surface area contributed by atoms with Crippen LogP contribution < -0.4 is 0 Å². The first-order valence-electron chi connectivity index (χ1n) is 6.00. The summed E-state index contributed by atoms with van der Waals surface area (Å²) in [6.07, 6.45) is -3.88. The molecule has 120 valence electrons. The zero-order valence-corrected chi connectivity index (χ0v) is 12.9. The van der Waals surface area contributed by atoms with E-state index >= 15 is 0 Å². The van der Waals surface area contributed by atoms with Crippen LogP contribution in [-0.2, 0) is 15.6 Å². The van der Waals surface area contributed by atoms with Gasteiger partial charge < -0.3 is 9.47 Å². The van der Waals surface area contributed by atoms with E-state index in [0.717, 1.165) is 6.07 Å². The number of carbonyl (C=O) groups excluding carboxylic acids is 1. The molecule has 0 saturated carbocycles. The third kappa shape index (κ3) is 4.63. The molecule has 0 fully saturated rings. The van der Waals surface area contributed by atoms with Crippen molar-refractivity contribution in [2.75, 3.05) is 13.1 Å². The second kappa shape index (κ2) is 6.27. The van der Waals surface area contributed by atoms with Crippen molar-refractivity contribution in [2.45, 2.75) is 31.5 Å². The fourth-order valence-corrected chi connectivity index (χ4v) is 2.55. The van der Waals surface area contributed by atoms with E-state index in [-0.39, 0.29) is 18.8 Å². The molecule has 1 aromatic heterocycles. The molecule has 1 heterocycles. The number of aromatic nitrogens is 1. The first kappa shape index (κ1) is 17.8. The van der Waals surface area contributed by atoms with Crippen LogP contribution in [0, 0.1) is 0 Å². The zero-order valence-electron chi connectivity index (χ0n) is 11.3. The van der Waals surface area contributed by atoms with Crippen LogP contribution >= 0.6 is 10.7 Å².